The van der Waals surface area contributed by atoms with Crippen molar-refractivity contribution in [2.45, 2.75) is 6.61 Å². The van der Waals surface area contributed by atoms with Gasteiger partial charge in [0.25, 0.3) is 5.91 Å². The number of hydrogen-bond donors (Lipinski definition) is 1. The van der Waals surface area contributed by atoms with Crippen LogP contribution in [0.2, 0.25) is 5.02 Å². The Kier molecular flexibility index (Phi) is 6.15. The quantitative estimate of drug-likeness (QED) is 0.320. The van der Waals surface area contributed by atoms with E-state index in [0.29, 0.717) is 21.7 Å². The highest BCUT2D eigenvalue weighted by Gasteiger charge is 2.23. The lowest BCUT2D eigenvalue weighted by Gasteiger charge is -2.09. The SMILES string of the molecule is O=C1NC(=Nc2ccc(Cl)cc2)S/C1=C/c1cccc(OCc2cccc3ccccc23)c1. The Labute approximate surface area is 201 Å². The average molecular weight is 471 g/mol. The molecule has 1 fully saturated rings. The smallest absolute Gasteiger partial charge is 0.264 e. The normalized spacial score (nSPS) is 15.8. The number of thioether (sulfide) groups is 1. The molecular formula is C27H19ClN2O2S. The number of carbonyl (C=O) groups is 1. The van der Waals surface area contributed by atoms with Gasteiger partial charge in [0.15, 0.2) is 5.17 Å². The molecule has 5 rings (SSSR count). The van der Waals surface area contributed by atoms with E-state index in [1.165, 1.54) is 22.5 Å². The monoisotopic (exact) mass is 470 g/mol. The van der Waals surface area contributed by atoms with Gasteiger partial charge in [0.2, 0.25) is 0 Å². The Morgan fingerprint density at radius 3 is 2.61 bits per heavy atom. The molecular weight excluding hydrogens is 452 g/mol. The maximum absolute atomic E-state index is 12.4. The molecule has 1 aliphatic heterocycles. The van der Waals surface area contributed by atoms with Crippen molar-refractivity contribution in [2.24, 2.45) is 4.99 Å². The van der Waals surface area contributed by atoms with Crippen molar-refractivity contribution in [1.29, 1.82) is 0 Å². The Balaban J connectivity index is 1.30. The molecule has 0 radical (unpaired) electrons. The third-order valence-corrected chi connectivity index (χ3v) is 6.30. The molecule has 1 saturated heterocycles. The minimum atomic E-state index is -0.171. The van der Waals surface area contributed by atoms with Crippen LogP contribution in [0.1, 0.15) is 11.1 Å². The Morgan fingerprint density at radius 2 is 1.73 bits per heavy atom. The van der Waals surface area contributed by atoms with Crippen LogP contribution in [0.15, 0.2) is 101 Å². The number of fused-ring (bicyclic) bond motifs is 1. The van der Waals surface area contributed by atoms with Gasteiger partial charge in [0.1, 0.15) is 12.4 Å². The molecule has 4 aromatic rings. The van der Waals surface area contributed by atoms with Gasteiger partial charge in [-0.25, -0.2) is 4.99 Å². The van der Waals surface area contributed by atoms with Crippen molar-refractivity contribution in [3.63, 3.8) is 0 Å². The first kappa shape index (κ1) is 21.3. The van der Waals surface area contributed by atoms with Crippen LogP contribution < -0.4 is 10.1 Å². The summed E-state index contributed by atoms with van der Waals surface area (Å²) in [5.41, 5.74) is 2.74. The Morgan fingerprint density at radius 1 is 0.939 bits per heavy atom. The van der Waals surface area contributed by atoms with Crippen molar-refractivity contribution in [1.82, 2.24) is 5.32 Å². The summed E-state index contributed by atoms with van der Waals surface area (Å²) in [5, 5.41) is 6.37. The molecule has 0 atom stereocenters. The maximum Gasteiger partial charge on any atom is 0.264 e. The van der Waals surface area contributed by atoms with Gasteiger partial charge < -0.3 is 10.1 Å². The van der Waals surface area contributed by atoms with E-state index >= 15 is 0 Å². The number of benzene rings is 4. The summed E-state index contributed by atoms with van der Waals surface area (Å²) in [7, 11) is 0. The molecule has 1 heterocycles. The number of aliphatic imine (C=N–C) groups is 1. The van der Waals surface area contributed by atoms with Gasteiger partial charge in [-0.05, 0) is 76.1 Å². The standard InChI is InChI=1S/C27H19ClN2O2S/c28-21-11-13-22(14-12-21)29-27-30-26(31)25(33-27)16-18-5-3-9-23(15-18)32-17-20-8-4-7-19-6-1-2-10-24(19)20/h1-16H,17H2,(H,29,30,31)/b25-16+. The lowest BCUT2D eigenvalue weighted by atomic mass is 10.1. The predicted molar refractivity (Wildman–Crippen MR) is 137 cm³/mol. The van der Waals surface area contributed by atoms with Gasteiger partial charge in [-0.15, -0.1) is 0 Å². The summed E-state index contributed by atoms with van der Waals surface area (Å²) in [5.74, 6) is 0.575. The summed E-state index contributed by atoms with van der Waals surface area (Å²) in [6.45, 7) is 0.467. The van der Waals surface area contributed by atoms with Crippen LogP contribution in [0.4, 0.5) is 5.69 Å². The number of nitrogens with zero attached hydrogens (tertiary/aromatic N) is 1. The van der Waals surface area contributed by atoms with E-state index in [9.17, 15) is 4.79 Å². The van der Waals surface area contributed by atoms with Gasteiger partial charge >= 0.3 is 0 Å². The topological polar surface area (TPSA) is 50.7 Å². The second kappa shape index (κ2) is 9.53. The second-order valence-corrected chi connectivity index (χ2v) is 8.92. The van der Waals surface area contributed by atoms with Crippen LogP contribution in [0.5, 0.6) is 5.75 Å². The number of carbonyl (C=O) groups excluding carboxylic acids is 1. The third-order valence-electron chi connectivity index (χ3n) is 5.14. The minimum Gasteiger partial charge on any atom is -0.489 e. The zero-order chi connectivity index (χ0) is 22.6. The van der Waals surface area contributed by atoms with E-state index < -0.39 is 0 Å². The van der Waals surface area contributed by atoms with Crippen molar-refractivity contribution < 1.29 is 9.53 Å². The highest BCUT2D eigenvalue weighted by Crippen LogP contribution is 2.29. The first-order valence-electron chi connectivity index (χ1n) is 10.4. The van der Waals surface area contributed by atoms with E-state index in [1.54, 1.807) is 24.3 Å². The molecule has 0 bridgehead atoms. The van der Waals surface area contributed by atoms with Crippen molar-refractivity contribution in [3.8, 4) is 5.75 Å². The van der Waals surface area contributed by atoms with Gasteiger partial charge in [-0.3, -0.25) is 4.79 Å². The van der Waals surface area contributed by atoms with E-state index in [-0.39, 0.29) is 5.91 Å². The molecule has 0 aromatic heterocycles. The number of nitrogens with one attached hydrogen (secondary N) is 1. The highest BCUT2D eigenvalue weighted by atomic mass is 35.5. The Bertz CT molecular complexity index is 1390. The lowest BCUT2D eigenvalue weighted by molar-refractivity contribution is -0.115. The van der Waals surface area contributed by atoms with Crippen LogP contribution in [-0.2, 0) is 11.4 Å². The van der Waals surface area contributed by atoms with E-state index in [0.717, 1.165) is 22.6 Å². The molecule has 6 heteroatoms. The van der Waals surface area contributed by atoms with Crippen LogP contribution in [0.25, 0.3) is 16.8 Å². The summed E-state index contributed by atoms with van der Waals surface area (Å²) in [6.07, 6.45) is 1.84. The van der Waals surface area contributed by atoms with E-state index in [4.69, 9.17) is 16.3 Å². The largest absolute Gasteiger partial charge is 0.489 e. The fourth-order valence-electron chi connectivity index (χ4n) is 3.54. The van der Waals surface area contributed by atoms with Crippen LogP contribution in [0.3, 0.4) is 0 Å². The van der Waals surface area contributed by atoms with Gasteiger partial charge in [0, 0.05) is 5.02 Å². The number of halogens is 1. The molecule has 33 heavy (non-hydrogen) atoms. The minimum absolute atomic E-state index is 0.171. The number of hydrogen-bond acceptors (Lipinski definition) is 4. The van der Waals surface area contributed by atoms with Gasteiger partial charge in [-0.2, -0.15) is 0 Å². The maximum atomic E-state index is 12.4. The molecule has 0 unspecified atom stereocenters. The first-order valence-corrected chi connectivity index (χ1v) is 11.6. The van der Waals surface area contributed by atoms with Crippen molar-refractivity contribution in [3.05, 3.63) is 112 Å². The molecule has 0 saturated carbocycles. The summed E-state index contributed by atoms with van der Waals surface area (Å²) < 4.78 is 6.07. The van der Waals surface area contributed by atoms with Crippen LogP contribution in [0, 0.1) is 0 Å². The number of rotatable bonds is 5. The van der Waals surface area contributed by atoms with Crippen LogP contribution >= 0.6 is 23.4 Å². The molecule has 1 N–H and O–H groups in total. The molecule has 162 valence electrons. The fraction of sp³-hybridized carbons (Fsp3) is 0.0370. The fourth-order valence-corrected chi connectivity index (χ4v) is 4.51. The van der Waals surface area contributed by atoms with Crippen LogP contribution in [-0.4, -0.2) is 11.1 Å². The summed E-state index contributed by atoms with van der Waals surface area (Å²) >= 11 is 7.22. The molecule has 4 nitrogen and oxygen atoms in total. The summed E-state index contributed by atoms with van der Waals surface area (Å²) in [6, 6.07) is 29.4. The second-order valence-electron chi connectivity index (χ2n) is 7.46. The summed E-state index contributed by atoms with van der Waals surface area (Å²) in [4.78, 5) is 17.5. The van der Waals surface area contributed by atoms with E-state index in [1.807, 2.05) is 48.5 Å². The molecule has 4 aromatic carbocycles. The van der Waals surface area contributed by atoms with Crippen molar-refractivity contribution >= 4 is 57.0 Å². The van der Waals surface area contributed by atoms with Crippen molar-refractivity contribution in [2.75, 3.05) is 0 Å². The number of ether oxygens (including phenoxy) is 1. The van der Waals surface area contributed by atoms with E-state index in [2.05, 4.69) is 34.6 Å². The molecule has 0 aliphatic carbocycles. The number of amides is 1. The average Bonchev–Trinajstić information content (AvgIpc) is 3.17. The highest BCUT2D eigenvalue weighted by molar-refractivity contribution is 8.18. The van der Waals surface area contributed by atoms with Gasteiger partial charge in [-0.1, -0.05) is 66.2 Å². The zero-order valence-corrected chi connectivity index (χ0v) is 19.1. The molecule has 1 amide bonds. The lowest BCUT2D eigenvalue weighted by Crippen LogP contribution is -2.19. The molecule has 1 aliphatic rings. The van der Waals surface area contributed by atoms with Gasteiger partial charge in [0.05, 0.1) is 10.6 Å². The molecule has 0 spiro atoms. The predicted octanol–water partition coefficient (Wildman–Crippen LogP) is 6.96. The first-order chi connectivity index (χ1) is 16.1. The Hall–Kier alpha value is -3.54. The number of amidine groups is 1. The third kappa shape index (κ3) is 5.11. The zero-order valence-electron chi connectivity index (χ0n) is 17.5.